The van der Waals surface area contributed by atoms with Gasteiger partial charge in [-0.25, -0.2) is 4.79 Å². The summed E-state index contributed by atoms with van der Waals surface area (Å²) in [6, 6.07) is 0. The molecule has 0 bridgehead atoms. The van der Waals surface area contributed by atoms with Gasteiger partial charge in [-0.15, -0.1) is 0 Å². The third kappa shape index (κ3) is 3.12. The molecular weight excluding hydrogens is 239 g/mol. The number of rotatable bonds is 2. The van der Waals surface area contributed by atoms with E-state index in [1.165, 1.54) is 0 Å². The highest BCUT2D eigenvalue weighted by atomic mass is 28.4. The van der Waals surface area contributed by atoms with E-state index in [2.05, 4.69) is 4.98 Å². The number of halogens is 3. The Balaban J connectivity index is 2.98. The molecule has 0 spiro atoms. The predicted molar refractivity (Wildman–Crippen MR) is 54.6 cm³/mol. The van der Waals surface area contributed by atoms with Gasteiger partial charge in [-0.05, 0) is 19.6 Å². The normalized spacial score (nSPS) is 12.6. The van der Waals surface area contributed by atoms with Crippen LogP contribution in [0.25, 0.3) is 0 Å². The van der Waals surface area contributed by atoms with Gasteiger partial charge in [0.2, 0.25) is 8.32 Å². The summed E-state index contributed by atoms with van der Waals surface area (Å²) in [6.45, 7) is 5.18. The number of H-pyrrole nitrogens is 1. The molecule has 1 rings (SSSR count). The highest BCUT2D eigenvalue weighted by Crippen LogP contribution is 2.32. The average molecular weight is 251 g/mol. The first-order chi connectivity index (χ1) is 7.11. The molecule has 0 aliphatic carbocycles. The fourth-order valence-corrected chi connectivity index (χ4v) is 1.77. The van der Waals surface area contributed by atoms with Crippen molar-refractivity contribution in [2.75, 3.05) is 0 Å². The molecular formula is C9H12F3NO2Si. The Morgan fingerprint density at radius 3 is 2.31 bits per heavy atom. The molecule has 0 amide bonds. The smallest absolute Gasteiger partial charge is 0.418 e. The molecule has 0 fully saturated rings. The summed E-state index contributed by atoms with van der Waals surface area (Å²) in [4.78, 5) is 13.7. The fourth-order valence-electron chi connectivity index (χ4n) is 1.10. The maximum atomic E-state index is 12.5. The van der Waals surface area contributed by atoms with Gasteiger partial charge in [0.1, 0.15) is 0 Å². The second-order valence-electron chi connectivity index (χ2n) is 4.28. The molecule has 1 aromatic rings. The Bertz CT molecular complexity index is 392. The van der Waals surface area contributed by atoms with Gasteiger partial charge >= 0.3 is 12.1 Å². The molecule has 0 radical (unpaired) electrons. The number of hydrogen-bond donors (Lipinski definition) is 1. The average Bonchev–Trinajstić information content (AvgIpc) is 2.45. The van der Waals surface area contributed by atoms with Crippen LogP contribution in [-0.4, -0.2) is 19.3 Å². The van der Waals surface area contributed by atoms with E-state index in [4.69, 9.17) is 4.43 Å². The highest BCUT2D eigenvalue weighted by Gasteiger charge is 2.37. The lowest BCUT2D eigenvalue weighted by Crippen LogP contribution is -2.29. The number of carbonyl (C=O) groups excluding carboxylic acids is 1. The van der Waals surface area contributed by atoms with Crippen molar-refractivity contribution in [2.45, 2.75) is 25.8 Å². The minimum Gasteiger partial charge on any atom is -0.516 e. The van der Waals surface area contributed by atoms with E-state index in [-0.39, 0.29) is 0 Å². The summed E-state index contributed by atoms with van der Waals surface area (Å²) >= 11 is 0. The van der Waals surface area contributed by atoms with Gasteiger partial charge in [0.25, 0.3) is 0 Å². The molecule has 1 aromatic heterocycles. The SMILES string of the molecule is C[Si](C)(C)OC(=O)c1c[nH]cc1C(F)(F)F. The third-order valence-electron chi connectivity index (χ3n) is 1.67. The van der Waals surface area contributed by atoms with Crippen LogP contribution in [0, 0.1) is 0 Å². The molecule has 3 nitrogen and oxygen atoms in total. The lowest BCUT2D eigenvalue weighted by Gasteiger charge is -2.17. The van der Waals surface area contributed by atoms with E-state index < -0.39 is 31.6 Å². The lowest BCUT2D eigenvalue weighted by atomic mass is 10.2. The Morgan fingerprint density at radius 1 is 1.31 bits per heavy atom. The van der Waals surface area contributed by atoms with Crippen molar-refractivity contribution in [1.82, 2.24) is 4.98 Å². The van der Waals surface area contributed by atoms with Gasteiger partial charge in [-0.2, -0.15) is 13.2 Å². The van der Waals surface area contributed by atoms with Crippen LogP contribution in [0.3, 0.4) is 0 Å². The standard InChI is InChI=1S/C9H12F3NO2Si/c1-16(2,3)15-8(14)6-4-13-5-7(6)9(10,11)12/h4-5,13H,1-3H3. The lowest BCUT2D eigenvalue weighted by molar-refractivity contribution is -0.137. The van der Waals surface area contributed by atoms with Crippen molar-refractivity contribution in [3.05, 3.63) is 23.5 Å². The minimum atomic E-state index is -4.55. The van der Waals surface area contributed by atoms with Crippen LogP contribution in [0.2, 0.25) is 19.6 Å². The molecule has 16 heavy (non-hydrogen) atoms. The first-order valence-electron chi connectivity index (χ1n) is 4.58. The second-order valence-corrected chi connectivity index (χ2v) is 8.71. The van der Waals surface area contributed by atoms with Crippen LogP contribution in [-0.2, 0) is 10.6 Å². The quantitative estimate of drug-likeness (QED) is 0.821. The molecule has 0 aliphatic heterocycles. The van der Waals surface area contributed by atoms with E-state index in [1.807, 2.05) is 0 Å². The van der Waals surface area contributed by atoms with E-state index in [1.54, 1.807) is 19.6 Å². The Kier molecular flexibility index (Phi) is 3.18. The summed E-state index contributed by atoms with van der Waals surface area (Å²) in [5, 5.41) is 0. The van der Waals surface area contributed by atoms with E-state index in [0.29, 0.717) is 0 Å². The number of aromatic nitrogens is 1. The molecule has 0 aliphatic rings. The predicted octanol–water partition coefficient (Wildman–Crippen LogP) is 3.03. The van der Waals surface area contributed by atoms with Crippen LogP contribution in [0.5, 0.6) is 0 Å². The van der Waals surface area contributed by atoms with E-state index >= 15 is 0 Å². The molecule has 0 unspecified atom stereocenters. The number of nitrogens with one attached hydrogen (secondary N) is 1. The van der Waals surface area contributed by atoms with Crippen LogP contribution in [0.1, 0.15) is 15.9 Å². The van der Waals surface area contributed by atoms with Crippen molar-refractivity contribution in [1.29, 1.82) is 0 Å². The Morgan fingerprint density at radius 2 is 1.88 bits per heavy atom. The topological polar surface area (TPSA) is 42.1 Å². The number of hydrogen-bond acceptors (Lipinski definition) is 2. The molecule has 1 N–H and O–H groups in total. The van der Waals surface area contributed by atoms with Crippen LogP contribution >= 0.6 is 0 Å². The van der Waals surface area contributed by atoms with Crippen LogP contribution < -0.4 is 0 Å². The monoisotopic (exact) mass is 251 g/mol. The summed E-state index contributed by atoms with van der Waals surface area (Å²) < 4.78 is 42.4. The summed E-state index contributed by atoms with van der Waals surface area (Å²) in [5.41, 5.74) is -1.45. The van der Waals surface area contributed by atoms with Gasteiger partial charge in [-0.1, -0.05) is 0 Å². The van der Waals surface area contributed by atoms with Crippen molar-refractivity contribution < 1.29 is 22.4 Å². The van der Waals surface area contributed by atoms with Gasteiger partial charge in [0.05, 0.1) is 11.1 Å². The molecule has 7 heteroatoms. The fraction of sp³-hybridized carbons (Fsp3) is 0.444. The van der Waals surface area contributed by atoms with Gasteiger partial charge < -0.3 is 9.41 Å². The van der Waals surface area contributed by atoms with E-state index in [9.17, 15) is 18.0 Å². The van der Waals surface area contributed by atoms with Crippen molar-refractivity contribution in [3.8, 4) is 0 Å². The molecule has 0 saturated carbocycles. The first kappa shape index (κ1) is 12.8. The summed E-state index contributed by atoms with van der Waals surface area (Å²) in [5.74, 6) is -0.923. The Labute approximate surface area is 91.7 Å². The van der Waals surface area contributed by atoms with Crippen LogP contribution in [0.15, 0.2) is 12.4 Å². The minimum absolute atomic E-state index is 0.463. The van der Waals surface area contributed by atoms with E-state index in [0.717, 1.165) is 12.4 Å². The second kappa shape index (κ2) is 3.97. The number of aromatic amines is 1. The van der Waals surface area contributed by atoms with Crippen LogP contribution in [0.4, 0.5) is 13.2 Å². The highest BCUT2D eigenvalue weighted by molar-refractivity contribution is 6.71. The Hall–Kier alpha value is -1.24. The first-order valence-corrected chi connectivity index (χ1v) is 7.99. The molecule has 0 aromatic carbocycles. The maximum Gasteiger partial charge on any atom is 0.418 e. The number of carbonyl (C=O) groups is 1. The molecule has 90 valence electrons. The zero-order valence-electron chi connectivity index (χ0n) is 9.11. The van der Waals surface area contributed by atoms with Crippen molar-refractivity contribution >= 4 is 14.3 Å². The van der Waals surface area contributed by atoms with Gasteiger partial charge in [0.15, 0.2) is 0 Å². The van der Waals surface area contributed by atoms with Gasteiger partial charge in [0, 0.05) is 12.4 Å². The molecule has 1 heterocycles. The molecule has 0 saturated heterocycles. The maximum absolute atomic E-state index is 12.5. The largest absolute Gasteiger partial charge is 0.516 e. The number of alkyl halides is 3. The van der Waals surface area contributed by atoms with Gasteiger partial charge in [-0.3, -0.25) is 0 Å². The zero-order valence-corrected chi connectivity index (χ0v) is 10.1. The third-order valence-corrected chi connectivity index (χ3v) is 2.47. The van der Waals surface area contributed by atoms with Crippen molar-refractivity contribution in [2.24, 2.45) is 0 Å². The molecule has 0 atom stereocenters. The van der Waals surface area contributed by atoms with Crippen molar-refractivity contribution in [3.63, 3.8) is 0 Å². The zero-order chi connectivity index (χ0) is 12.6. The summed E-state index contributed by atoms with van der Waals surface area (Å²) in [6.07, 6.45) is -2.79. The summed E-state index contributed by atoms with van der Waals surface area (Å²) in [7, 11) is -2.19.